The fourth-order valence-corrected chi connectivity index (χ4v) is 1.83. The molecule has 5 nitrogen and oxygen atoms in total. The van der Waals surface area contributed by atoms with Crippen molar-refractivity contribution in [2.24, 2.45) is 4.99 Å². The summed E-state index contributed by atoms with van der Waals surface area (Å²) in [7, 11) is 0. The summed E-state index contributed by atoms with van der Waals surface area (Å²) in [5, 5.41) is 6.39. The Labute approximate surface area is 93.5 Å². The highest BCUT2D eigenvalue weighted by Crippen LogP contribution is 2.35. The summed E-state index contributed by atoms with van der Waals surface area (Å²) >= 11 is 0. The number of ether oxygens (including phenoxy) is 2. The molecule has 16 heavy (non-hydrogen) atoms. The smallest absolute Gasteiger partial charge is 0.231 e. The summed E-state index contributed by atoms with van der Waals surface area (Å²) in [6, 6.07) is 5.90. The molecule has 5 heteroatoms. The number of para-hydroxylation sites is 1. The lowest BCUT2D eigenvalue weighted by Gasteiger charge is -2.08. The van der Waals surface area contributed by atoms with E-state index in [4.69, 9.17) is 9.47 Å². The van der Waals surface area contributed by atoms with Crippen molar-refractivity contribution in [3.63, 3.8) is 0 Å². The van der Waals surface area contributed by atoms with Crippen molar-refractivity contribution in [3.8, 4) is 11.5 Å². The van der Waals surface area contributed by atoms with Crippen molar-refractivity contribution in [2.75, 3.05) is 19.9 Å². The van der Waals surface area contributed by atoms with Gasteiger partial charge in [0.15, 0.2) is 17.5 Å². The molecule has 0 fully saturated rings. The average molecular weight is 219 g/mol. The van der Waals surface area contributed by atoms with Gasteiger partial charge in [-0.1, -0.05) is 12.1 Å². The monoisotopic (exact) mass is 219 g/mol. The molecular formula is C11H13N3O2. The lowest BCUT2D eigenvalue weighted by molar-refractivity contribution is 0.173. The Hall–Kier alpha value is -1.91. The number of nitrogens with zero attached hydrogens (tertiary/aromatic N) is 1. The first-order chi connectivity index (χ1) is 7.93. The summed E-state index contributed by atoms with van der Waals surface area (Å²) in [4.78, 5) is 4.27. The second-order valence-corrected chi connectivity index (χ2v) is 3.66. The number of nitrogens with one attached hydrogen (secondary N) is 2. The van der Waals surface area contributed by atoms with Crippen molar-refractivity contribution in [1.29, 1.82) is 0 Å². The van der Waals surface area contributed by atoms with Crippen LogP contribution in [0.3, 0.4) is 0 Å². The average Bonchev–Trinajstić information content (AvgIpc) is 2.97. The number of rotatable bonds is 2. The summed E-state index contributed by atoms with van der Waals surface area (Å²) in [6.07, 6.45) is 0. The number of hydrogen-bond donors (Lipinski definition) is 2. The van der Waals surface area contributed by atoms with Gasteiger partial charge in [0, 0.05) is 18.7 Å². The molecule has 0 aromatic heterocycles. The van der Waals surface area contributed by atoms with Crippen molar-refractivity contribution in [1.82, 2.24) is 10.6 Å². The van der Waals surface area contributed by atoms with Gasteiger partial charge >= 0.3 is 0 Å². The zero-order valence-electron chi connectivity index (χ0n) is 8.82. The summed E-state index contributed by atoms with van der Waals surface area (Å²) in [5.41, 5.74) is 1.09. The SMILES string of the molecule is c1cc(CNC2=NCCN2)c2c(c1)OCO2. The maximum atomic E-state index is 5.42. The van der Waals surface area contributed by atoms with Crippen molar-refractivity contribution in [3.05, 3.63) is 23.8 Å². The molecule has 0 atom stereocenters. The van der Waals surface area contributed by atoms with Crippen LogP contribution in [0.1, 0.15) is 5.56 Å². The van der Waals surface area contributed by atoms with Gasteiger partial charge in [-0.05, 0) is 6.07 Å². The predicted octanol–water partition coefficient (Wildman–Crippen LogP) is 0.464. The number of hydrogen-bond acceptors (Lipinski definition) is 5. The van der Waals surface area contributed by atoms with Gasteiger partial charge in [-0.15, -0.1) is 0 Å². The van der Waals surface area contributed by atoms with E-state index in [9.17, 15) is 0 Å². The van der Waals surface area contributed by atoms with Crippen LogP contribution in [0.4, 0.5) is 0 Å². The third-order valence-electron chi connectivity index (χ3n) is 2.60. The van der Waals surface area contributed by atoms with E-state index in [-0.39, 0.29) is 0 Å². The van der Waals surface area contributed by atoms with Crippen LogP contribution >= 0.6 is 0 Å². The van der Waals surface area contributed by atoms with E-state index < -0.39 is 0 Å². The van der Waals surface area contributed by atoms with Crippen molar-refractivity contribution in [2.45, 2.75) is 6.54 Å². The highest BCUT2D eigenvalue weighted by atomic mass is 16.7. The molecule has 3 rings (SSSR count). The molecule has 1 aromatic rings. The molecule has 2 aliphatic rings. The molecule has 0 saturated carbocycles. The summed E-state index contributed by atoms with van der Waals surface area (Å²) in [6.45, 7) is 2.76. The quantitative estimate of drug-likeness (QED) is 0.759. The Morgan fingerprint density at radius 2 is 2.38 bits per heavy atom. The van der Waals surface area contributed by atoms with Crippen molar-refractivity contribution >= 4 is 5.96 Å². The largest absolute Gasteiger partial charge is 0.454 e. The fraction of sp³-hybridized carbons (Fsp3) is 0.364. The molecule has 1 aromatic carbocycles. The van der Waals surface area contributed by atoms with Crippen LogP contribution in [0.2, 0.25) is 0 Å². The van der Waals surface area contributed by atoms with Crippen LogP contribution in [0, 0.1) is 0 Å². The van der Waals surface area contributed by atoms with Crippen LogP contribution in [0.25, 0.3) is 0 Å². The Morgan fingerprint density at radius 1 is 1.38 bits per heavy atom. The number of fused-ring (bicyclic) bond motifs is 1. The van der Waals surface area contributed by atoms with E-state index in [1.54, 1.807) is 0 Å². The third-order valence-corrected chi connectivity index (χ3v) is 2.60. The fourth-order valence-electron chi connectivity index (χ4n) is 1.83. The Morgan fingerprint density at radius 3 is 3.25 bits per heavy atom. The lowest BCUT2D eigenvalue weighted by atomic mass is 10.2. The molecular weight excluding hydrogens is 206 g/mol. The van der Waals surface area contributed by atoms with Gasteiger partial charge in [-0.25, -0.2) is 0 Å². The van der Waals surface area contributed by atoms with Gasteiger partial charge in [-0.3, -0.25) is 4.99 Å². The predicted molar refractivity (Wildman–Crippen MR) is 59.7 cm³/mol. The molecule has 2 N–H and O–H groups in total. The molecule has 84 valence electrons. The van der Waals surface area contributed by atoms with E-state index in [0.29, 0.717) is 13.3 Å². The normalized spacial score (nSPS) is 16.9. The molecule has 0 unspecified atom stereocenters. The van der Waals surface area contributed by atoms with E-state index in [2.05, 4.69) is 15.6 Å². The van der Waals surface area contributed by atoms with Crippen LogP contribution in [-0.2, 0) is 6.54 Å². The van der Waals surface area contributed by atoms with Crippen LogP contribution in [-0.4, -0.2) is 25.8 Å². The van der Waals surface area contributed by atoms with Gasteiger partial charge in [-0.2, -0.15) is 0 Å². The molecule has 0 amide bonds. The molecule has 2 heterocycles. The molecule has 0 saturated heterocycles. The Bertz CT molecular complexity index is 431. The number of aliphatic imine (C=N–C) groups is 1. The lowest BCUT2D eigenvalue weighted by Crippen LogP contribution is -2.33. The molecule has 0 aliphatic carbocycles. The van der Waals surface area contributed by atoms with Gasteiger partial charge in [0.1, 0.15) is 0 Å². The van der Waals surface area contributed by atoms with E-state index in [1.807, 2.05) is 18.2 Å². The first-order valence-electron chi connectivity index (χ1n) is 5.33. The third kappa shape index (κ3) is 1.64. The van der Waals surface area contributed by atoms with Gasteiger partial charge in [0.2, 0.25) is 6.79 Å². The van der Waals surface area contributed by atoms with Gasteiger partial charge in [0.25, 0.3) is 0 Å². The zero-order chi connectivity index (χ0) is 10.8. The number of guanidine groups is 1. The molecule has 0 spiro atoms. The second-order valence-electron chi connectivity index (χ2n) is 3.66. The van der Waals surface area contributed by atoms with Crippen LogP contribution in [0.5, 0.6) is 11.5 Å². The highest BCUT2D eigenvalue weighted by Gasteiger charge is 2.17. The highest BCUT2D eigenvalue weighted by molar-refractivity contribution is 5.81. The van der Waals surface area contributed by atoms with E-state index >= 15 is 0 Å². The zero-order valence-corrected chi connectivity index (χ0v) is 8.82. The second kappa shape index (κ2) is 3.92. The topological polar surface area (TPSA) is 54.9 Å². The van der Waals surface area contributed by atoms with Gasteiger partial charge < -0.3 is 20.1 Å². The van der Waals surface area contributed by atoms with Crippen molar-refractivity contribution < 1.29 is 9.47 Å². The maximum absolute atomic E-state index is 5.42. The first-order valence-corrected chi connectivity index (χ1v) is 5.33. The first kappa shape index (κ1) is 9.33. The Kier molecular flexibility index (Phi) is 2.29. The Balaban J connectivity index is 1.72. The molecule has 2 aliphatic heterocycles. The number of benzene rings is 1. The van der Waals surface area contributed by atoms with Gasteiger partial charge in [0.05, 0.1) is 6.54 Å². The van der Waals surface area contributed by atoms with Crippen LogP contribution < -0.4 is 20.1 Å². The van der Waals surface area contributed by atoms with Crippen LogP contribution in [0.15, 0.2) is 23.2 Å². The minimum Gasteiger partial charge on any atom is -0.454 e. The summed E-state index contributed by atoms with van der Waals surface area (Å²) in [5.74, 6) is 2.52. The van der Waals surface area contributed by atoms with E-state index in [1.165, 1.54) is 0 Å². The molecule has 0 bridgehead atoms. The standard InChI is InChI=1S/C11H13N3O2/c1-2-8(6-14-11-12-4-5-13-11)10-9(3-1)15-7-16-10/h1-3H,4-7H2,(H2,12,13,14). The maximum Gasteiger partial charge on any atom is 0.231 e. The molecule has 0 radical (unpaired) electrons. The van der Waals surface area contributed by atoms with E-state index in [0.717, 1.165) is 36.1 Å². The minimum absolute atomic E-state index is 0.311. The minimum atomic E-state index is 0.311. The summed E-state index contributed by atoms with van der Waals surface area (Å²) < 4.78 is 10.7.